The number of H-pyrrole nitrogens is 1. The third kappa shape index (κ3) is 5.05. The van der Waals surface area contributed by atoms with Gasteiger partial charge in [0.25, 0.3) is 11.8 Å². The molecule has 0 fully saturated rings. The van der Waals surface area contributed by atoms with Gasteiger partial charge in [-0.05, 0) is 48.2 Å². The SMILES string of the molecule is CC(NC(=O)c1cccc2[nH]c(NC(=O)c3cc4ccccc4cn3)nc12)c1ccc(S(C)(=O)=O)cc1. The maximum absolute atomic E-state index is 13.1. The second kappa shape index (κ2) is 9.47. The van der Waals surface area contributed by atoms with E-state index in [1.54, 1.807) is 49.5 Å². The number of aromatic nitrogens is 3. The van der Waals surface area contributed by atoms with Gasteiger partial charge in [-0.3, -0.25) is 19.9 Å². The quantitative estimate of drug-likeness (QED) is 0.311. The lowest BCUT2D eigenvalue weighted by molar-refractivity contribution is 0.0940. The lowest BCUT2D eigenvalue weighted by atomic mass is 10.1. The Morgan fingerprint density at radius 3 is 2.38 bits per heavy atom. The van der Waals surface area contributed by atoms with Crippen molar-refractivity contribution in [3.05, 3.63) is 95.8 Å². The molecule has 0 aliphatic carbocycles. The number of nitrogens with zero attached hydrogens (tertiary/aromatic N) is 2. The van der Waals surface area contributed by atoms with E-state index in [1.807, 2.05) is 24.3 Å². The molecule has 3 aromatic carbocycles. The number of nitrogens with one attached hydrogen (secondary N) is 3. The zero-order chi connectivity index (χ0) is 26.2. The fraction of sp³-hybridized carbons (Fsp3) is 0.111. The summed E-state index contributed by atoms with van der Waals surface area (Å²) >= 11 is 0. The zero-order valence-corrected chi connectivity index (χ0v) is 20.8. The number of sulfone groups is 1. The first-order chi connectivity index (χ1) is 17.7. The first-order valence-corrected chi connectivity index (χ1v) is 13.3. The van der Waals surface area contributed by atoms with Gasteiger partial charge >= 0.3 is 0 Å². The predicted molar refractivity (Wildman–Crippen MR) is 141 cm³/mol. The summed E-state index contributed by atoms with van der Waals surface area (Å²) in [5, 5.41) is 7.45. The summed E-state index contributed by atoms with van der Waals surface area (Å²) in [6.45, 7) is 1.81. The number of para-hydroxylation sites is 1. The summed E-state index contributed by atoms with van der Waals surface area (Å²) in [7, 11) is -3.30. The normalized spacial score (nSPS) is 12.4. The minimum atomic E-state index is -3.30. The molecule has 0 spiro atoms. The number of rotatable bonds is 6. The third-order valence-electron chi connectivity index (χ3n) is 6.01. The summed E-state index contributed by atoms with van der Waals surface area (Å²) in [6.07, 6.45) is 2.79. The molecule has 2 heterocycles. The highest BCUT2D eigenvalue weighted by Crippen LogP contribution is 2.22. The number of anilines is 1. The average Bonchev–Trinajstić information content (AvgIpc) is 3.30. The Bertz CT molecular complexity index is 1760. The third-order valence-corrected chi connectivity index (χ3v) is 7.14. The molecule has 1 unspecified atom stereocenters. The average molecular weight is 514 g/mol. The summed E-state index contributed by atoms with van der Waals surface area (Å²) in [5.74, 6) is -0.590. The molecule has 5 rings (SSSR count). The summed E-state index contributed by atoms with van der Waals surface area (Å²) in [6, 6.07) is 20.4. The number of fused-ring (bicyclic) bond motifs is 2. The smallest absolute Gasteiger partial charge is 0.276 e. The van der Waals surface area contributed by atoms with Gasteiger partial charge in [0.2, 0.25) is 5.95 Å². The van der Waals surface area contributed by atoms with Gasteiger partial charge in [-0.2, -0.15) is 0 Å². The van der Waals surface area contributed by atoms with Crippen molar-refractivity contribution >= 4 is 49.4 Å². The summed E-state index contributed by atoms with van der Waals surface area (Å²) in [4.78, 5) is 37.8. The van der Waals surface area contributed by atoms with Crippen LogP contribution in [-0.2, 0) is 9.84 Å². The molecular weight excluding hydrogens is 490 g/mol. The van der Waals surface area contributed by atoms with Crippen LogP contribution >= 0.6 is 0 Å². The molecule has 0 radical (unpaired) electrons. The molecule has 5 aromatic rings. The number of aromatic amines is 1. The van der Waals surface area contributed by atoms with E-state index in [4.69, 9.17) is 0 Å². The number of amides is 2. The van der Waals surface area contributed by atoms with Crippen LogP contribution in [0.4, 0.5) is 5.95 Å². The molecule has 3 N–H and O–H groups in total. The molecule has 186 valence electrons. The van der Waals surface area contributed by atoms with Crippen molar-refractivity contribution in [3.8, 4) is 0 Å². The maximum atomic E-state index is 13.1. The van der Waals surface area contributed by atoms with Gasteiger partial charge in [0.1, 0.15) is 11.2 Å². The molecule has 37 heavy (non-hydrogen) atoms. The van der Waals surface area contributed by atoms with Gasteiger partial charge in [0, 0.05) is 17.8 Å². The van der Waals surface area contributed by atoms with E-state index in [0.717, 1.165) is 22.6 Å². The lowest BCUT2D eigenvalue weighted by Gasteiger charge is -2.15. The zero-order valence-electron chi connectivity index (χ0n) is 20.0. The van der Waals surface area contributed by atoms with Gasteiger partial charge in [-0.1, -0.05) is 42.5 Å². The van der Waals surface area contributed by atoms with Crippen LogP contribution in [0.25, 0.3) is 21.8 Å². The second-order valence-electron chi connectivity index (χ2n) is 8.69. The molecule has 0 saturated carbocycles. The highest BCUT2D eigenvalue weighted by molar-refractivity contribution is 7.90. The molecule has 0 aliphatic rings. The van der Waals surface area contributed by atoms with Crippen LogP contribution in [0.1, 0.15) is 39.4 Å². The Morgan fingerprint density at radius 1 is 0.919 bits per heavy atom. The Labute approximate surface area is 212 Å². The highest BCUT2D eigenvalue weighted by atomic mass is 32.2. The van der Waals surface area contributed by atoms with Crippen LogP contribution in [-0.4, -0.2) is 41.4 Å². The first kappa shape index (κ1) is 24.1. The van der Waals surface area contributed by atoms with E-state index < -0.39 is 15.7 Å². The van der Waals surface area contributed by atoms with E-state index in [9.17, 15) is 18.0 Å². The minimum absolute atomic E-state index is 0.194. The van der Waals surface area contributed by atoms with E-state index in [2.05, 4.69) is 25.6 Å². The molecule has 2 amide bonds. The van der Waals surface area contributed by atoms with E-state index in [0.29, 0.717) is 16.6 Å². The van der Waals surface area contributed by atoms with Crippen molar-refractivity contribution in [2.24, 2.45) is 0 Å². The van der Waals surface area contributed by atoms with Crippen LogP contribution < -0.4 is 10.6 Å². The first-order valence-electron chi connectivity index (χ1n) is 11.4. The van der Waals surface area contributed by atoms with E-state index in [1.165, 1.54) is 12.1 Å². The van der Waals surface area contributed by atoms with Crippen molar-refractivity contribution in [1.82, 2.24) is 20.3 Å². The van der Waals surface area contributed by atoms with Crippen LogP contribution in [0.15, 0.2) is 83.9 Å². The van der Waals surface area contributed by atoms with Crippen LogP contribution in [0, 0.1) is 0 Å². The number of benzene rings is 3. The summed E-state index contributed by atoms with van der Waals surface area (Å²) < 4.78 is 23.4. The molecule has 1 atom stereocenters. The van der Waals surface area contributed by atoms with E-state index in [-0.39, 0.29) is 28.5 Å². The molecule has 2 aromatic heterocycles. The van der Waals surface area contributed by atoms with Gasteiger partial charge in [-0.25, -0.2) is 13.4 Å². The minimum Gasteiger partial charge on any atom is -0.345 e. The van der Waals surface area contributed by atoms with E-state index >= 15 is 0 Å². The largest absolute Gasteiger partial charge is 0.345 e. The van der Waals surface area contributed by atoms with Gasteiger partial charge < -0.3 is 10.3 Å². The van der Waals surface area contributed by atoms with Crippen molar-refractivity contribution < 1.29 is 18.0 Å². The van der Waals surface area contributed by atoms with Gasteiger partial charge in [-0.15, -0.1) is 0 Å². The van der Waals surface area contributed by atoms with Crippen molar-refractivity contribution in [2.45, 2.75) is 17.9 Å². The Balaban J connectivity index is 1.34. The van der Waals surface area contributed by atoms with Gasteiger partial charge in [0.15, 0.2) is 9.84 Å². The molecule has 0 bridgehead atoms. The number of hydrogen-bond donors (Lipinski definition) is 3. The number of pyridine rings is 1. The number of hydrogen-bond acceptors (Lipinski definition) is 6. The molecule has 9 nitrogen and oxygen atoms in total. The highest BCUT2D eigenvalue weighted by Gasteiger charge is 2.18. The Morgan fingerprint density at radius 2 is 1.65 bits per heavy atom. The standard InChI is InChI=1S/C27H23N5O4S/c1-16(17-10-12-20(13-11-17)37(2,35)36)29-25(33)21-8-5-9-22-24(21)31-27(30-22)32-26(34)23-14-18-6-3-4-7-19(18)15-28-23/h3-16H,1-2H3,(H,29,33)(H2,30,31,32,34). The van der Waals surface area contributed by atoms with Crippen molar-refractivity contribution in [2.75, 3.05) is 11.6 Å². The van der Waals surface area contributed by atoms with Crippen molar-refractivity contribution in [1.29, 1.82) is 0 Å². The fourth-order valence-electron chi connectivity index (χ4n) is 4.02. The summed E-state index contributed by atoms with van der Waals surface area (Å²) in [5.41, 5.74) is 2.32. The second-order valence-corrected chi connectivity index (χ2v) is 10.7. The number of carbonyl (C=O) groups is 2. The monoisotopic (exact) mass is 513 g/mol. The Kier molecular flexibility index (Phi) is 6.18. The molecule has 0 aliphatic heterocycles. The number of carbonyl (C=O) groups excluding carboxylic acids is 2. The predicted octanol–water partition coefficient (Wildman–Crippen LogP) is 4.26. The lowest BCUT2D eigenvalue weighted by Crippen LogP contribution is -2.26. The van der Waals surface area contributed by atoms with Crippen LogP contribution in [0.5, 0.6) is 0 Å². The topological polar surface area (TPSA) is 134 Å². The molecular formula is C27H23N5O4S. The molecule has 10 heteroatoms. The fourth-order valence-corrected chi connectivity index (χ4v) is 4.65. The maximum Gasteiger partial charge on any atom is 0.276 e. The number of imidazole rings is 1. The van der Waals surface area contributed by atoms with Gasteiger partial charge in [0.05, 0.1) is 22.0 Å². The van der Waals surface area contributed by atoms with Crippen LogP contribution in [0.3, 0.4) is 0 Å². The molecule has 0 saturated heterocycles. The van der Waals surface area contributed by atoms with Crippen LogP contribution in [0.2, 0.25) is 0 Å². The van der Waals surface area contributed by atoms with Crippen molar-refractivity contribution in [3.63, 3.8) is 0 Å². The Hall–Kier alpha value is -4.57.